The van der Waals surface area contributed by atoms with Gasteiger partial charge in [-0.3, -0.25) is 0 Å². The van der Waals surface area contributed by atoms with Crippen LogP contribution in [0, 0.1) is 0 Å². The fourth-order valence-electron chi connectivity index (χ4n) is 12.9. The highest BCUT2D eigenvalue weighted by Gasteiger charge is 2.29. The molecule has 6 amide bonds. The zero-order chi connectivity index (χ0) is 136. The predicted molar refractivity (Wildman–Crippen MR) is 495 cm³/mol. The van der Waals surface area contributed by atoms with Crippen molar-refractivity contribution in [3.05, 3.63) is 213 Å². The molecule has 126 heavy (non-hydrogen) atoms. The van der Waals surface area contributed by atoms with Gasteiger partial charge in [0.2, 0.25) is 0 Å². The van der Waals surface area contributed by atoms with Gasteiger partial charge in [0.25, 0.3) is 0 Å². The molecule has 672 valence electrons. The molecule has 12 heterocycles. The Bertz CT molecular complexity index is 8220. The predicted octanol–water partition coefficient (Wildman–Crippen LogP) is 11.5. The van der Waals surface area contributed by atoms with Crippen LogP contribution in [0.4, 0.5) is 28.8 Å². The first kappa shape index (κ1) is 44.9. The van der Waals surface area contributed by atoms with Gasteiger partial charge in [0, 0.05) is 199 Å². The van der Waals surface area contributed by atoms with Crippen LogP contribution in [0.5, 0.6) is 0 Å². The van der Waals surface area contributed by atoms with Crippen LogP contribution >= 0.6 is 0 Å². The van der Waals surface area contributed by atoms with Crippen molar-refractivity contribution >= 4 is 102 Å². The maximum absolute atomic E-state index is 11.5. The van der Waals surface area contributed by atoms with E-state index in [4.69, 9.17) is 103 Å². The molecule has 6 atom stereocenters. The van der Waals surface area contributed by atoms with Gasteiger partial charge in [-0.25, -0.2) is 28.8 Å². The number of fused-ring (bicyclic) bond motifs is 6. The Morgan fingerprint density at radius 3 is 0.722 bits per heavy atom. The summed E-state index contributed by atoms with van der Waals surface area (Å²) in [6.07, 6.45) is -18.3. The first-order valence-corrected chi connectivity index (χ1v) is 38.9. The number of H-pyrrole nitrogens is 6. The number of nitrogens with one attached hydrogen (secondary N) is 12. The van der Waals surface area contributed by atoms with E-state index in [0.717, 1.165) is 48.0 Å². The molecule has 6 aliphatic rings. The smallest absolute Gasteiger partial charge is 0.407 e. The molecule has 0 radical (unpaired) electrons. The van der Waals surface area contributed by atoms with Gasteiger partial charge in [-0.05, 0) is 300 Å². The molecule has 6 aromatic carbocycles. The Morgan fingerprint density at radius 2 is 0.500 bits per heavy atom. The quantitative estimate of drug-likeness (QED) is 0.0186. The van der Waals surface area contributed by atoms with Crippen molar-refractivity contribution in [3.63, 3.8) is 0 Å². The molecule has 0 bridgehead atoms. The lowest BCUT2D eigenvalue weighted by Crippen LogP contribution is -2.28. The van der Waals surface area contributed by atoms with Gasteiger partial charge < -0.3 is 120 Å². The highest BCUT2D eigenvalue weighted by Crippen LogP contribution is 2.29. The van der Waals surface area contributed by atoms with Crippen molar-refractivity contribution in [3.8, 4) is 0 Å². The number of aromatic nitrogens is 6. The number of aromatic amines is 6. The van der Waals surface area contributed by atoms with Crippen molar-refractivity contribution in [2.75, 3.05) is 163 Å². The maximum Gasteiger partial charge on any atom is 0.407 e. The largest absolute Gasteiger partial charge is 0.447 e. The standard InChI is InChI=1S/6C16H21N3O2/c6*1-19(2)6-5-12-9-17-15-4-3-11(8-14(12)15)7-13-10-21-16(20)18-13/h6*3-4,8-9,13,17H,5-7,10H2,1-2H3,(H,18,20)/t6*13-/m000000/s1/i1D3,2D3,6D2,7D2;1D3,2D3,5D2,7D2;1D3,6D2,7D2;1D3,5D2,7D2;6D2,7D2;5D2,7D2/hD12. The number of hydrogen-bond donors (Lipinski definition) is 12. The molecule has 6 aromatic heterocycles. The lowest BCUT2D eigenvalue weighted by molar-refractivity contribution is 0.176. The van der Waals surface area contributed by atoms with Gasteiger partial charge in [0.05, 0.1) is 36.3 Å². The lowest BCUT2D eigenvalue weighted by atomic mass is 10.0. The highest BCUT2D eigenvalue weighted by molar-refractivity contribution is 5.88. The number of aryl methyl sites for hydroxylation is 3. The van der Waals surface area contributed by atoms with Crippen molar-refractivity contribution < 1.29 is 132 Å². The second kappa shape index (κ2) is 43.7. The van der Waals surface area contributed by atoms with Crippen LogP contribution in [0.2, 0.25) is 16.9 Å². The topological polar surface area (TPSA) is 344 Å². The number of carbonyl (C=O) groups is 6. The zero-order valence-electron chi connectivity index (χ0n) is 123. The van der Waals surface area contributed by atoms with Crippen molar-refractivity contribution in [2.45, 2.75) is 113 Å². The molecule has 12 N–H and O–H groups in total. The number of ether oxygens (including phenoxy) is 6. The fraction of sp³-hybridized carbons (Fsp3) is 0.438. The number of cyclic esters (lactones) is 6. The second-order valence-electron chi connectivity index (χ2n) is 29.0. The van der Waals surface area contributed by atoms with Crippen LogP contribution in [0.1, 0.15) is 124 Å². The minimum Gasteiger partial charge on any atom is -0.447 e. The Kier molecular flexibility index (Phi) is 15.6. The number of amides is 6. The van der Waals surface area contributed by atoms with Gasteiger partial charge in [-0.1, -0.05) is 36.4 Å². The molecular formula is C96H126N18O12. The first-order valence-electron chi connectivity index (χ1n) is 65.2. The summed E-state index contributed by atoms with van der Waals surface area (Å²) in [6.45, 7) is -27.9. The summed E-state index contributed by atoms with van der Waals surface area (Å²) < 4.78 is 458. The van der Waals surface area contributed by atoms with Crippen molar-refractivity contribution in [1.29, 1.82) is 0 Å². The Balaban J connectivity index is 0.000000176. The van der Waals surface area contributed by atoms with Crippen LogP contribution in [-0.2, 0) is 105 Å². The van der Waals surface area contributed by atoms with Crippen LogP contribution in [0.3, 0.4) is 0 Å². The number of carbonyl (C=O) groups excluding carboxylic acids is 6. The number of nitrogens with zero attached hydrogens (tertiary/aromatic N) is 6. The van der Waals surface area contributed by atoms with E-state index in [1.54, 1.807) is 51.3 Å². The van der Waals surface area contributed by atoms with Gasteiger partial charge in [-0.15, -0.1) is 0 Å². The number of hydrogen-bond acceptors (Lipinski definition) is 18. The average molecular weight is 1780 g/mol. The SMILES string of the molecule is [2H]N1C(=O)OC[C@@H]1C([2H])([2H])c1ccc2c(c1)c(C([2H])([2H])CN(C([2H])([2H])[2H])C([2H])([2H])[2H])cn2[2H].[2H]N1C(=O)OC[C@@H]1C([2H])([2H])c1ccc2c(c1)c(C([2H])([2H])CN(C)C([2H])([2H])[2H])cn2[2H].[2H]N1C(=O)OC[C@@H]1C([2H])([2H])c1ccc2c(c1)c(C([2H])([2H])CN(C)C)cn2[2H].[2H]N1C(=O)OC[C@@H]1C([2H])([2H])c1ccc2c(c1)c(CC([2H])([2H])N(C([2H])([2H])[2H])C([2H])([2H])[2H])cn2[2H].[2H]N1C(=O)OC[C@@H]1C([2H])([2H])c1ccc2c(c1)c(CC([2H])([2H])N(C)C([2H])([2H])[2H])cn2[2H].[2H]N1C(=O)OC[C@@H]1C([2H])([2H])c1ccc2c(c1)c(CC([2H])([2H])N(C)C)cn2[2H]. The molecule has 0 unspecified atom stereocenters. The maximum atomic E-state index is 11.5. The molecule has 30 nitrogen and oxygen atoms in total. The minimum absolute atomic E-state index is 0.0204. The Labute approximate surface area is 813 Å². The molecule has 0 aliphatic carbocycles. The molecule has 6 aliphatic heterocycles. The summed E-state index contributed by atoms with van der Waals surface area (Å²) in [4.78, 5) is 79.2. The van der Waals surface area contributed by atoms with Gasteiger partial charge in [0.15, 0.2) is 16.9 Å². The fourth-order valence-corrected chi connectivity index (χ4v) is 12.9. The van der Waals surface area contributed by atoms with Crippen molar-refractivity contribution in [2.24, 2.45) is 0 Å². The molecule has 0 spiro atoms. The molecule has 0 saturated carbocycles. The summed E-state index contributed by atoms with van der Waals surface area (Å²) in [6, 6.07) is 18.8. The second-order valence-corrected chi connectivity index (χ2v) is 29.0. The van der Waals surface area contributed by atoms with Crippen LogP contribution in [-0.4, -0.2) is 295 Å². The molecule has 18 rings (SSSR count). The van der Waals surface area contributed by atoms with E-state index in [-0.39, 0.29) is 146 Å². The summed E-state index contributed by atoms with van der Waals surface area (Å²) in [5, 5.41) is 4.55. The lowest BCUT2D eigenvalue weighted by Gasteiger charge is -2.09. The number of alkyl carbamates (subject to hydrolysis) is 6. The van der Waals surface area contributed by atoms with E-state index in [1.807, 2.05) is 0 Å². The molecular weight excluding hydrogens is 1600 g/mol. The Hall–Kier alpha value is -12.1. The number of rotatable bonds is 30. The number of likely N-dealkylation sites (N-methyl/N-ethyl adjacent to an activating group) is 6. The molecule has 12 aromatic rings. The Morgan fingerprint density at radius 1 is 0.286 bits per heavy atom. The summed E-state index contributed by atoms with van der Waals surface area (Å²) in [5.74, 6) is 0. The molecule has 30 heteroatoms. The monoisotopic (exact) mass is 1780 g/mol. The third-order valence-corrected chi connectivity index (χ3v) is 18.8. The van der Waals surface area contributed by atoms with Gasteiger partial charge in [-0.2, -0.15) is 0 Å². The van der Waals surface area contributed by atoms with Crippen LogP contribution in [0.25, 0.3) is 65.4 Å². The van der Waals surface area contributed by atoms with E-state index in [0.29, 0.717) is 91.7 Å². The summed E-state index contributed by atoms with van der Waals surface area (Å²) in [7, 11) is 9.18. The van der Waals surface area contributed by atoms with E-state index >= 15 is 0 Å². The molecule has 6 fully saturated rings. The van der Waals surface area contributed by atoms with E-state index in [1.165, 1.54) is 134 Å². The van der Waals surface area contributed by atoms with E-state index < -0.39 is 211 Å². The van der Waals surface area contributed by atoms with E-state index in [2.05, 4.69) is 0 Å². The normalized spacial score (nSPS) is 27.0. The third kappa shape index (κ3) is 26.5. The zero-order valence-corrected chi connectivity index (χ0v) is 68.8. The average Bonchev–Trinajstić information content (AvgIpc) is 1.54. The van der Waals surface area contributed by atoms with Crippen LogP contribution < -0.4 is 31.9 Å². The minimum atomic E-state index is -3.27. The van der Waals surface area contributed by atoms with Gasteiger partial charge in [0.1, 0.15) is 39.6 Å². The summed E-state index contributed by atoms with van der Waals surface area (Å²) in [5.41, 5.74) is 3.88. The van der Waals surface area contributed by atoms with Gasteiger partial charge >= 0.3 is 36.6 Å². The highest BCUT2D eigenvalue weighted by atomic mass is 16.6. The summed E-state index contributed by atoms with van der Waals surface area (Å²) >= 11 is 0. The first-order chi connectivity index (χ1) is 82.0. The third-order valence-electron chi connectivity index (χ3n) is 18.8. The van der Waals surface area contributed by atoms with Crippen LogP contribution in [0.15, 0.2) is 146 Å². The molecule has 6 saturated heterocycles. The van der Waals surface area contributed by atoms with E-state index in [9.17, 15) is 28.8 Å². The van der Waals surface area contributed by atoms with Crippen molar-refractivity contribution in [1.82, 2.24) is 91.1 Å². The number of benzene rings is 6.